The van der Waals surface area contributed by atoms with Crippen molar-refractivity contribution in [2.45, 2.75) is 32.3 Å². The summed E-state index contributed by atoms with van der Waals surface area (Å²) < 4.78 is 5.68. The molecule has 2 amide bonds. The number of hydrogen-bond acceptors (Lipinski definition) is 5. The lowest BCUT2D eigenvalue weighted by atomic mass is 9.93. The number of amides is 2. The maximum Gasteiger partial charge on any atom is 0.339 e. The normalized spacial score (nSPS) is 12.8. The van der Waals surface area contributed by atoms with Gasteiger partial charge in [-0.2, -0.15) is 0 Å². The average Bonchev–Trinajstić information content (AvgIpc) is 3.57. The van der Waals surface area contributed by atoms with Gasteiger partial charge in [0.05, 0.1) is 5.56 Å². The molecule has 0 unspecified atom stereocenters. The van der Waals surface area contributed by atoms with Crippen molar-refractivity contribution in [3.05, 3.63) is 125 Å². The van der Waals surface area contributed by atoms with Crippen LogP contribution in [0.15, 0.2) is 97.1 Å². The van der Waals surface area contributed by atoms with Gasteiger partial charge in [0.2, 0.25) is 0 Å². The van der Waals surface area contributed by atoms with Crippen molar-refractivity contribution in [2.75, 3.05) is 11.9 Å². The van der Waals surface area contributed by atoms with Crippen molar-refractivity contribution >= 4 is 29.3 Å². The van der Waals surface area contributed by atoms with Crippen molar-refractivity contribution in [1.82, 2.24) is 5.32 Å². The minimum Gasteiger partial charge on any atom is -0.457 e. The van der Waals surface area contributed by atoms with E-state index >= 15 is 0 Å². The molecule has 8 nitrogen and oxygen atoms in total. The van der Waals surface area contributed by atoms with Crippen molar-refractivity contribution in [2.24, 2.45) is 11.7 Å². The Morgan fingerprint density at radius 1 is 0.767 bits per heavy atom. The maximum absolute atomic E-state index is 13.5. The average molecular weight is 575 g/mol. The third kappa shape index (κ3) is 7.35. The van der Waals surface area contributed by atoms with Crippen LogP contribution in [0.4, 0.5) is 5.69 Å². The zero-order valence-electron chi connectivity index (χ0n) is 23.8. The monoisotopic (exact) mass is 574 g/mol. The van der Waals surface area contributed by atoms with Crippen LogP contribution in [0, 0.1) is 11.3 Å². The van der Waals surface area contributed by atoms with Crippen molar-refractivity contribution in [3.8, 4) is 11.1 Å². The van der Waals surface area contributed by atoms with Crippen LogP contribution in [0.1, 0.15) is 67.9 Å². The highest BCUT2D eigenvalue weighted by molar-refractivity contribution is 6.11. The summed E-state index contributed by atoms with van der Waals surface area (Å²) in [4.78, 5) is 40.1. The first-order chi connectivity index (χ1) is 20.9. The summed E-state index contributed by atoms with van der Waals surface area (Å²) in [7, 11) is 0. The molecule has 0 radical (unpaired) electrons. The Hall–Kier alpha value is -5.24. The van der Waals surface area contributed by atoms with Crippen molar-refractivity contribution in [3.63, 3.8) is 0 Å². The summed E-state index contributed by atoms with van der Waals surface area (Å²) in [5.41, 5.74) is 9.32. The van der Waals surface area contributed by atoms with E-state index in [-0.39, 0.29) is 29.8 Å². The Balaban J connectivity index is 1.44. The molecule has 218 valence electrons. The molecule has 1 saturated carbocycles. The van der Waals surface area contributed by atoms with Crippen LogP contribution in [-0.4, -0.2) is 30.2 Å². The first kappa shape index (κ1) is 29.3. The molecular weight excluding hydrogens is 540 g/mol. The van der Waals surface area contributed by atoms with Crippen LogP contribution >= 0.6 is 0 Å². The molecule has 0 spiro atoms. The second-order valence-corrected chi connectivity index (χ2v) is 10.7. The maximum atomic E-state index is 13.5. The highest BCUT2D eigenvalue weighted by Gasteiger charge is 2.22. The molecule has 0 atom stereocenters. The Bertz CT molecular complexity index is 1630. The van der Waals surface area contributed by atoms with Gasteiger partial charge in [-0.15, -0.1) is 0 Å². The lowest BCUT2D eigenvalue weighted by Crippen LogP contribution is -2.28. The number of nitrogen functional groups attached to an aromatic ring is 1. The number of ether oxygens (including phenoxy) is 1. The molecule has 4 aromatic carbocycles. The van der Waals surface area contributed by atoms with Gasteiger partial charge in [0.15, 0.2) is 0 Å². The summed E-state index contributed by atoms with van der Waals surface area (Å²) in [5.74, 6) is -0.823. The number of esters is 1. The van der Waals surface area contributed by atoms with E-state index in [1.54, 1.807) is 66.7 Å². The third-order valence-corrected chi connectivity index (χ3v) is 7.66. The molecule has 0 aliphatic heterocycles. The summed E-state index contributed by atoms with van der Waals surface area (Å²) in [6.45, 7) is 0.667. The number of anilines is 1. The first-order valence-electron chi connectivity index (χ1n) is 14.4. The van der Waals surface area contributed by atoms with Crippen molar-refractivity contribution in [1.29, 1.82) is 5.41 Å². The first-order valence-corrected chi connectivity index (χ1v) is 14.4. The number of carbonyl (C=O) groups excluding carboxylic acids is 3. The molecule has 0 bridgehead atoms. The number of nitrogens with one attached hydrogen (secondary N) is 3. The number of benzene rings is 4. The quantitative estimate of drug-likeness (QED) is 0.102. The number of carbonyl (C=O) groups is 3. The topological polar surface area (TPSA) is 134 Å². The molecule has 0 heterocycles. The molecule has 0 aromatic heterocycles. The van der Waals surface area contributed by atoms with Crippen molar-refractivity contribution < 1.29 is 19.1 Å². The number of nitrogens with two attached hydrogens (primary N) is 1. The largest absolute Gasteiger partial charge is 0.457 e. The minimum absolute atomic E-state index is 0.0643. The highest BCUT2D eigenvalue weighted by atomic mass is 16.5. The molecule has 8 heteroatoms. The summed E-state index contributed by atoms with van der Waals surface area (Å²) >= 11 is 0. The van der Waals surface area contributed by atoms with Crippen LogP contribution in [0.2, 0.25) is 0 Å². The van der Waals surface area contributed by atoms with Gasteiger partial charge >= 0.3 is 5.97 Å². The van der Waals surface area contributed by atoms with Gasteiger partial charge in [-0.3, -0.25) is 15.0 Å². The van der Waals surface area contributed by atoms with E-state index in [9.17, 15) is 14.4 Å². The van der Waals surface area contributed by atoms with Crippen LogP contribution in [0.5, 0.6) is 0 Å². The fourth-order valence-electron chi connectivity index (χ4n) is 5.29. The van der Waals surface area contributed by atoms with Gasteiger partial charge in [-0.25, -0.2) is 4.79 Å². The fraction of sp³-hybridized carbons (Fsp3) is 0.200. The van der Waals surface area contributed by atoms with E-state index in [2.05, 4.69) is 10.6 Å². The number of rotatable bonds is 10. The highest BCUT2D eigenvalue weighted by Crippen LogP contribution is 2.30. The smallest absolute Gasteiger partial charge is 0.339 e. The predicted octanol–water partition coefficient (Wildman–Crippen LogP) is 6.17. The molecule has 5 N–H and O–H groups in total. The minimum atomic E-state index is -0.598. The molecule has 5 rings (SSSR count). The molecular formula is C35H34N4O4. The molecule has 1 aliphatic carbocycles. The van der Waals surface area contributed by atoms with Crippen LogP contribution in [-0.2, 0) is 11.3 Å². The fourth-order valence-corrected chi connectivity index (χ4v) is 5.29. The van der Waals surface area contributed by atoms with E-state index in [4.69, 9.17) is 15.9 Å². The van der Waals surface area contributed by atoms with Gasteiger partial charge < -0.3 is 21.1 Å². The standard InChI is InChI=1S/C35H34N4O4/c36-32(37)25-14-17-27(18-15-25)39-34(41)30-13-7-6-12-28(30)29-19-16-26(33(40)38-21-23-8-4-5-9-23)20-31(29)35(42)43-22-24-10-2-1-3-11-24/h1-3,6-7,10-20,23H,4-5,8-9,21-22H2,(H3,36,37)(H,38,40)(H,39,41). The molecule has 0 saturated heterocycles. The van der Waals surface area contributed by atoms with Gasteiger partial charge in [0, 0.05) is 28.9 Å². The summed E-state index contributed by atoms with van der Waals surface area (Å²) in [5, 5.41) is 13.5. The van der Waals surface area contributed by atoms with Crippen LogP contribution in [0.3, 0.4) is 0 Å². The summed E-state index contributed by atoms with van der Waals surface area (Å²) in [6, 6.07) is 27.9. The zero-order valence-corrected chi connectivity index (χ0v) is 23.8. The molecule has 1 aliphatic rings. The zero-order chi connectivity index (χ0) is 30.2. The lowest BCUT2D eigenvalue weighted by molar-refractivity contribution is 0.0473. The van der Waals surface area contributed by atoms with Crippen LogP contribution in [0.25, 0.3) is 11.1 Å². The third-order valence-electron chi connectivity index (χ3n) is 7.66. The Morgan fingerprint density at radius 2 is 1.42 bits per heavy atom. The molecule has 43 heavy (non-hydrogen) atoms. The summed E-state index contributed by atoms with van der Waals surface area (Å²) in [6.07, 6.45) is 4.58. The Kier molecular flexibility index (Phi) is 9.26. The number of amidine groups is 1. The van der Waals surface area contributed by atoms with Gasteiger partial charge in [0.1, 0.15) is 12.4 Å². The lowest BCUT2D eigenvalue weighted by Gasteiger charge is -2.16. The SMILES string of the molecule is N=C(N)c1ccc(NC(=O)c2ccccc2-c2ccc(C(=O)NCC3CCCC3)cc2C(=O)OCc2ccccc2)cc1. The van der Waals surface area contributed by atoms with E-state index in [0.717, 1.165) is 18.4 Å². The van der Waals surface area contributed by atoms with Gasteiger partial charge in [-0.1, -0.05) is 67.4 Å². The Morgan fingerprint density at radius 3 is 2.14 bits per heavy atom. The Labute approximate surface area is 250 Å². The van der Waals surface area contributed by atoms with Gasteiger partial charge in [-0.05, 0) is 77.9 Å². The van der Waals surface area contributed by atoms with E-state index in [1.807, 2.05) is 30.3 Å². The molecule has 1 fully saturated rings. The second kappa shape index (κ2) is 13.6. The molecule has 4 aromatic rings. The van der Waals surface area contributed by atoms with E-state index in [0.29, 0.717) is 46.0 Å². The predicted molar refractivity (Wildman–Crippen MR) is 167 cm³/mol. The van der Waals surface area contributed by atoms with E-state index < -0.39 is 5.97 Å². The number of hydrogen-bond donors (Lipinski definition) is 4. The van der Waals surface area contributed by atoms with E-state index in [1.165, 1.54) is 12.8 Å². The van der Waals surface area contributed by atoms with Crippen LogP contribution < -0.4 is 16.4 Å². The second-order valence-electron chi connectivity index (χ2n) is 10.7. The van der Waals surface area contributed by atoms with Gasteiger partial charge in [0.25, 0.3) is 11.8 Å².